The number of primary amides is 1. The first-order valence-electron chi connectivity index (χ1n) is 7.65. The highest BCUT2D eigenvalue weighted by molar-refractivity contribution is 5.87. The Balaban J connectivity index is 2.29. The summed E-state index contributed by atoms with van der Waals surface area (Å²) in [5.41, 5.74) is 9.15. The number of hydrogen-bond acceptors (Lipinski definition) is 5. The molecule has 2 rings (SSSR count). The lowest BCUT2D eigenvalue weighted by Gasteiger charge is -2.10. The Hall–Kier alpha value is -2.77. The molecule has 3 N–H and O–H groups in total. The van der Waals surface area contributed by atoms with Crippen LogP contribution in [0.3, 0.4) is 0 Å². The van der Waals surface area contributed by atoms with Crippen LogP contribution in [0.15, 0.2) is 6.07 Å². The maximum absolute atomic E-state index is 12.1. The summed E-state index contributed by atoms with van der Waals surface area (Å²) in [6.07, 6.45) is 0.111. The van der Waals surface area contributed by atoms with Crippen LogP contribution in [0.4, 0.5) is 0 Å². The number of hydrogen-bond donors (Lipinski definition) is 2. The van der Waals surface area contributed by atoms with E-state index in [1.54, 1.807) is 11.6 Å². The summed E-state index contributed by atoms with van der Waals surface area (Å²) in [5.74, 6) is -0.380. The average Bonchev–Trinajstić information content (AvgIpc) is 2.74. The van der Waals surface area contributed by atoms with Gasteiger partial charge in [-0.05, 0) is 40.7 Å². The monoisotopic (exact) mass is 330 g/mol. The van der Waals surface area contributed by atoms with Crippen LogP contribution in [0, 0.1) is 27.7 Å². The van der Waals surface area contributed by atoms with Gasteiger partial charge in [-0.2, -0.15) is 5.10 Å². The molecule has 2 aromatic heterocycles. The molecule has 0 aliphatic rings. The zero-order chi connectivity index (χ0) is 18.0. The fourth-order valence-corrected chi connectivity index (χ4v) is 2.45. The SMILES string of the molecule is Cc1cc(C)nc(-n2nc(C)c(CC(=O)NC(C)C(N)=O)c2C)n1. The van der Waals surface area contributed by atoms with Crippen LogP contribution in [0.25, 0.3) is 5.95 Å². The number of carbonyl (C=O) groups excluding carboxylic acids is 2. The van der Waals surface area contributed by atoms with E-state index in [9.17, 15) is 9.59 Å². The molecule has 24 heavy (non-hydrogen) atoms. The van der Waals surface area contributed by atoms with Crippen molar-refractivity contribution < 1.29 is 9.59 Å². The Morgan fingerprint density at radius 3 is 2.33 bits per heavy atom. The molecule has 1 unspecified atom stereocenters. The highest BCUT2D eigenvalue weighted by Gasteiger charge is 2.19. The zero-order valence-electron chi connectivity index (χ0n) is 14.5. The summed E-state index contributed by atoms with van der Waals surface area (Å²) in [4.78, 5) is 31.9. The number of nitrogens with two attached hydrogens (primary N) is 1. The molecule has 0 spiro atoms. The lowest BCUT2D eigenvalue weighted by Crippen LogP contribution is -2.42. The number of aryl methyl sites for hydroxylation is 3. The van der Waals surface area contributed by atoms with E-state index in [0.29, 0.717) is 5.95 Å². The van der Waals surface area contributed by atoms with E-state index in [1.165, 1.54) is 0 Å². The Bertz CT molecular complexity index is 776. The van der Waals surface area contributed by atoms with E-state index >= 15 is 0 Å². The van der Waals surface area contributed by atoms with E-state index in [-0.39, 0.29) is 12.3 Å². The van der Waals surface area contributed by atoms with Crippen molar-refractivity contribution in [2.75, 3.05) is 0 Å². The highest BCUT2D eigenvalue weighted by Crippen LogP contribution is 2.17. The number of nitrogens with one attached hydrogen (secondary N) is 1. The molecule has 8 nitrogen and oxygen atoms in total. The molecule has 0 fully saturated rings. The Labute approximate surface area is 140 Å². The smallest absolute Gasteiger partial charge is 0.251 e. The van der Waals surface area contributed by atoms with E-state index in [1.807, 2.05) is 33.8 Å². The van der Waals surface area contributed by atoms with E-state index in [4.69, 9.17) is 5.73 Å². The number of nitrogens with zero attached hydrogens (tertiary/aromatic N) is 4. The first kappa shape index (κ1) is 17.6. The lowest BCUT2D eigenvalue weighted by molar-refractivity contribution is -0.126. The molecule has 0 aliphatic carbocycles. The van der Waals surface area contributed by atoms with Crippen molar-refractivity contribution in [3.63, 3.8) is 0 Å². The predicted molar refractivity (Wildman–Crippen MR) is 88.6 cm³/mol. The van der Waals surface area contributed by atoms with E-state index in [0.717, 1.165) is 28.3 Å². The third kappa shape index (κ3) is 3.76. The first-order valence-corrected chi connectivity index (χ1v) is 7.65. The van der Waals surface area contributed by atoms with Crippen LogP contribution in [-0.4, -0.2) is 37.6 Å². The third-order valence-corrected chi connectivity index (χ3v) is 3.74. The van der Waals surface area contributed by atoms with Crippen molar-refractivity contribution in [2.24, 2.45) is 5.73 Å². The quantitative estimate of drug-likeness (QED) is 0.824. The molecular weight excluding hydrogens is 308 g/mol. The fourth-order valence-electron chi connectivity index (χ4n) is 2.45. The molecule has 0 radical (unpaired) electrons. The molecule has 2 heterocycles. The van der Waals surface area contributed by atoms with Crippen LogP contribution in [0.1, 0.15) is 35.3 Å². The molecule has 0 bridgehead atoms. The topological polar surface area (TPSA) is 116 Å². The van der Waals surface area contributed by atoms with Crippen LogP contribution < -0.4 is 11.1 Å². The van der Waals surface area contributed by atoms with Gasteiger partial charge in [-0.3, -0.25) is 9.59 Å². The summed E-state index contributed by atoms with van der Waals surface area (Å²) in [5, 5.41) is 7.02. The van der Waals surface area contributed by atoms with Crippen LogP contribution in [-0.2, 0) is 16.0 Å². The Morgan fingerprint density at radius 2 is 1.79 bits per heavy atom. The number of aromatic nitrogens is 4. The van der Waals surface area contributed by atoms with Crippen LogP contribution >= 0.6 is 0 Å². The first-order chi connectivity index (χ1) is 11.2. The second kappa shape index (κ2) is 6.77. The molecule has 0 aromatic carbocycles. The largest absolute Gasteiger partial charge is 0.368 e. The maximum atomic E-state index is 12.1. The molecule has 8 heteroatoms. The number of rotatable bonds is 5. The van der Waals surface area contributed by atoms with Gasteiger partial charge in [0, 0.05) is 22.6 Å². The summed E-state index contributed by atoms with van der Waals surface area (Å²) < 4.78 is 1.63. The Kier molecular flexibility index (Phi) is 4.96. The average molecular weight is 330 g/mol. The summed E-state index contributed by atoms with van der Waals surface area (Å²) >= 11 is 0. The number of amides is 2. The maximum Gasteiger partial charge on any atom is 0.251 e. The van der Waals surface area contributed by atoms with Gasteiger partial charge in [0.05, 0.1) is 12.1 Å². The van der Waals surface area contributed by atoms with Gasteiger partial charge < -0.3 is 11.1 Å². The van der Waals surface area contributed by atoms with Gasteiger partial charge in [0.25, 0.3) is 5.95 Å². The van der Waals surface area contributed by atoms with Gasteiger partial charge >= 0.3 is 0 Å². The van der Waals surface area contributed by atoms with Crippen LogP contribution in [0.5, 0.6) is 0 Å². The minimum Gasteiger partial charge on any atom is -0.368 e. The van der Waals surface area contributed by atoms with Gasteiger partial charge in [0.2, 0.25) is 11.8 Å². The fraction of sp³-hybridized carbons (Fsp3) is 0.438. The molecule has 2 aromatic rings. The van der Waals surface area contributed by atoms with Gasteiger partial charge in [-0.25, -0.2) is 14.6 Å². The van der Waals surface area contributed by atoms with Gasteiger partial charge in [-0.15, -0.1) is 0 Å². The van der Waals surface area contributed by atoms with Crippen molar-refractivity contribution in [3.05, 3.63) is 34.4 Å². The van der Waals surface area contributed by atoms with E-state index < -0.39 is 11.9 Å². The molecule has 128 valence electrons. The zero-order valence-corrected chi connectivity index (χ0v) is 14.5. The van der Waals surface area contributed by atoms with Crippen molar-refractivity contribution in [1.82, 2.24) is 25.1 Å². The van der Waals surface area contributed by atoms with Gasteiger partial charge in [0.15, 0.2) is 0 Å². The Morgan fingerprint density at radius 1 is 1.21 bits per heavy atom. The normalized spacial score (nSPS) is 12.0. The van der Waals surface area contributed by atoms with Crippen LogP contribution in [0.2, 0.25) is 0 Å². The summed E-state index contributed by atoms with van der Waals surface area (Å²) in [6, 6.07) is 1.17. The van der Waals surface area contributed by atoms with Crippen molar-refractivity contribution >= 4 is 11.8 Å². The standard InChI is InChI=1S/C16H22N6O2/c1-8-6-9(2)19-16(18-8)22-12(5)13(10(3)21-22)7-14(23)20-11(4)15(17)24/h6,11H,7H2,1-5H3,(H2,17,24)(H,20,23). The third-order valence-electron chi connectivity index (χ3n) is 3.74. The van der Waals surface area contributed by atoms with Crippen molar-refractivity contribution in [3.8, 4) is 5.95 Å². The molecule has 1 atom stereocenters. The van der Waals surface area contributed by atoms with Gasteiger partial charge in [0.1, 0.15) is 6.04 Å². The van der Waals surface area contributed by atoms with Crippen molar-refractivity contribution in [1.29, 1.82) is 0 Å². The number of carbonyl (C=O) groups is 2. The lowest BCUT2D eigenvalue weighted by atomic mass is 10.1. The summed E-state index contributed by atoms with van der Waals surface area (Å²) in [7, 11) is 0. The molecule has 0 aliphatic heterocycles. The second-order valence-electron chi connectivity index (χ2n) is 5.88. The second-order valence-corrected chi connectivity index (χ2v) is 5.88. The molecular formula is C16H22N6O2. The van der Waals surface area contributed by atoms with Crippen molar-refractivity contribution in [2.45, 2.75) is 47.1 Å². The summed E-state index contributed by atoms with van der Waals surface area (Å²) in [6.45, 7) is 9.02. The molecule has 0 saturated heterocycles. The minimum atomic E-state index is -0.712. The highest BCUT2D eigenvalue weighted by atomic mass is 16.2. The minimum absolute atomic E-state index is 0.111. The van der Waals surface area contributed by atoms with Gasteiger partial charge in [-0.1, -0.05) is 0 Å². The molecule has 0 saturated carbocycles. The van der Waals surface area contributed by atoms with E-state index in [2.05, 4.69) is 20.4 Å². The molecule has 2 amide bonds. The predicted octanol–water partition coefficient (Wildman–Crippen LogP) is 0.428.